The Morgan fingerprint density at radius 3 is 2.48 bits per heavy atom. The van der Waals surface area contributed by atoms with Crippen molar-refractivity contribution >= 4 is 29.3 Å². The Bertz CT molecular complexity index is 917. The fourth-order valence-corrected chi connectivity index (χ4v) is 3.52. The third-order valence-corrected chi connectivity index (χ3v) is 5.97. The Hall–Kier alpha value is -2.55. The van der Waals surface area contributed by atoms with Crippen LogP contribution in [0.1, 0.15) is 37.0 Å². The molecule has 0 aliphatic rings. The fourth-order valence-electron chi connectivity index (χ4n) is 2.79. The van der Waals surface area contributed by atoms with Crippen LogP contribution in [0.3, 0.4) is 0 Å². The maximum atomic E-state index is 12.8. The molecule has 0 aliphatic heterocycles. The predicted molar refractivity (Wildman–Crippen MR) is 116 cm³/mol. The van der Waals surface area contributed by atoms with Crippen LogP contribution in [0, 0.1) is 13.8 Å². The number of halogens is 3. The molecule has 1 aromatic carbocycles. The lowest BCUT2D eigenvalue weighted by atomic mass is 10.1. The molecule has 0 fully saturated rings. The van der Waals surface area contributed by atoms with E-state index in [1.54, 1.807) is 0 Å². The first kappa shape index (κ1) is 24.7. The third kappa shape index (κ3) is 6.99. The van der Waals surface area contributed by atoms with Crippen LogP contribution in [0.2, 0.25) is 0 Å². The third-order valence-electron chi connectivity index (χ3n) is 5.04. The van der Waals surface area contributed by atoms with Crippen LogP contribution in [-0.2, 0) is 15.8 Å². The molecule has 1 heterocycles. The van der Waals surface area contributed by atoms with Crippen molar-refractivity contribution in [3.63, 3.8) is 0 Å². The predicted octanol–water partition coefficient (Wildman–Crippen LogP) is 5.08. The number of benzene rings is 1. The van der Waals surface area contributed by atoms with E-state index in [1.807, 2.05) is 45.9 Å². The van der Waals surface area contributed by atoms with Gasteiger partial charge in [-0.3, -0.25) is 9.59 Å². The van der Waals surface area contributed by atoms with E-state index in [2.05, 4.69) is 10.3 Å². The van der Waals surface area contributed by atoms with Gasteiger partial charge in [-0.2, -0.15) is 13.2 Å². The summed E-state index contributed by atoms with van der Waals surface area (Å²) < 4.78 is 37.9. The summed E-state index contributed by atoms with van der Waals surface area (Å²) in [6.45, 7) is 7.52. The summed E-state index contributed by atoms with van der Waals surface area (Å²) in [5.74, 6) is -0.614. The zero-order chi connectivity index (χ0) is 23.2. The number of thioether (sulfide) groups is 1. The molecule has 31 heavy (non-hydrogen) atoms. The number of anilines is 1. The van der Waals surface area contributed by atoms with Crippen molar-refractivity contribution in [3.05, 3.63) is 53.2 Å². The molecule has 2 amide bonds. The number of nitrogens with zero attached hydrogens (tertiary/aromatic N) is 2. The highest BCUT2D eigenvalue weighted by Crippen LogP contribution is 2.29. The molecule has 0 saturated heterocycles. The molecule has 2 aromatic rings. The lowest BCUT2D eigenvalue weighted by Gasteiger charge is -2.28. The van der Waals surface area contributed by atoms with Crippen molar-refractivity contribution in [2.24, 2.45) is 0 Å². The normalized spacial score (nSPS) is 12.4. The van der Waals surface area contributed by atoms with Crippen molar-refractivity contribution in [2.75, 3.05) is 17.6 Å². The first-order chi connectivity index (χ1) is 14.5. The second kappa shape index (κ2) is 10.7. The maximum Gasteiger partial charge on any atom is 0.417 e. The van der Waals surface area contributed by atoms with Gasteiger partial charge in [0.15, 0.2) is 0 Å². The first-order valence-corrected chi connectivity index (χ1v) is 10.8. The molecule has 0 radical (unpaired) electrons. The number of carbonyl (C=O) groups is 2. The van der Waals surface area contributed by atoms with E-state index < -0.39 is 11.7 Å². The van der Waals surface area contributed by atoms with Crippen molar-refractivity contribution in [3.8, 4) is 0 Å². The molecule has 168 valence electrons. The van der Waals surface area contributed by atoms with Crippen LogP contribution < -0.4 is 5.32 Å². The van der Waals surface area contributed by atoms with Crippen LogP contribution in [-0.4, -0.2) is 40.0 Å². The van der Waals surface area contributed by atoms with Gasteiger partial charge >= 0.3 is 6.18 Å². The molecule has 0 saturated carbocycles. The SMILES string of the molecule is CCC(C)N(CC(=O)Nc1cccc(C)c1C)C(=O)CSc1ccc(C(F)(F)F)cn1. The van der Waals surface area contributed by atoms with E-state index >= 15 is 0 Å². The number of rotatable bonds is 8. The lowest BCUT2D eigenvalue weighted by Crippen LogP contribution is -2.44. The summed E-state index contributed by atoms with van der Waals surface area (Å²) in [5.41, 5.74) is 1.87. The monoisotopic (exact) mass is 453 g/mol. The molecule has 1 aromatic heterocycles. The van der Waals surface area contributed by atoms with Gasteiger partial charge in [0.05, 0.1) is 16.3 Å². The summed E-state index contributed by atoms with van der Waals surface area (Å²) in [7, 11) is 0. The summed E-state index contributed by atoms with van der Waals surface area (Å²) in [6, 6.07) is 7.61. The van der Waals surface area contributed by atoms with Gasteiger partial charge in [-0.1, -0.05) is 30.8 Å². The van der Waals surface area contributed by atoms with Crippen LogP contribution in [0.25, 0.3) is 0 Å². The standard InChI is InChI=1S/C22H26F3N3O2S/c1-5-15(3)28(12-19(29)27-18-8-6-7-14(2)16(18)4)21(30)13-31-20-10-9-17(11-26-20)22(23,24)25/h6-11,15H,5,12-13H2,1-4H3,(H,27,29). The van der Waals surface area contributed by atoms with Crippen LogP contribution in [0.5, 0.6) is 0 Å². The highest BCUT2D eigenvalue weighted by Gasteiger charge is 2.30. The Kier molecular flexibility index (Phi) is 8.50. The number of nitrogens with one attached hydrogen (secondary N) is 1. The van der Waals surface area contributed by atoms with Crippen molar-refractivity contribution < 1.29 is 22.8 Å². The second-order valence-corrected chi connectivity index (χ2v) is 8.24. The average molecular weight is 454 g/mol. The van der Waals surface area contributed by atoms with Gasteiger partial charge in [-0.25, -0.2) is 4.98 Å². The maximum absolute atomic E-state index is 12.8. The first-order valence-electron chi connectivity index (χ1n) is 9.84. The molecule has 0 spiro atoms. The summed E-state index contributed by atoms with van der Waals surface area (Å²) >= 11 is 1.04. The zero-order valence-corrected chi connectivity index (χ0v) is 18.7. The Balaban J connectivity index is 2.01. The van der Waals surface area contributed by atoms with Gasteiger partial charge in [0.25, 0.3) is 0 Å². The van der Waals surface area contributed by atoms with Crippen molar-refractivity contribution in [2.45, 2.75) is 51.4 Å². The Morgan fingerprint density at radius 1 is 1.19 bits per heavy atom. The number of amides is 2. The van der Waals surface area contributed by atoms with Gasteiger partial charge in [-0.15, -0.1) is 0 Å². The Labute approximate surface area is 184 Å². The average Bonchev–Trinajstić information content (AvgIpc) is 2.72. The van der Waals surface area contributed by atoms with E-state index in [0.29, 0.717) is 17.1 Å². The van der Waals surface area contributed by atoms with Gasteiger partial charge in [0.1, 0.15) is 6.54 Å². The second-order valence-electron chi connectivity index (χ2n) is 7.25. The number of alkyl halides is 3. The molecule has 0 aliphatic carbocycles. The molecule has 5 nitrogen and oxygen atoms in total. The van der Waals surface area contributed by atoms with Crippen molar-refractivity contribution in [1.29, 1.82) is 0 Å². The fraction of sp³-hybridized carbons (Fsp3) is 0.409. The van der Waals surface area contributed by atoms with Crippen LogP contribution in [0.4, 0.5) is 18.9 Å². The van der Waals surface area contributed by atoms with Crippen molar-refractivity contribution in [1.82, 2.24) is 9.88 Å². The van der Waals surface area contributed by atoms with Gasteiger partial charge < -0.3 is 10.2 Å². The quantitative estimate of drug-likeness (QED) is 0.567. The van der Waals surface area contributed by atoms with E-state index in [4.69, 9.17) is 0 Å². The highest BCUT2D eigenvalue weighted by atomic mass is 32.2. The molecule has 2 rings (SSSR count). The molecule has 1 unspecified atom stereocenters. The summed E-state index contributed by atoms with van der Waals surface area (Å²) in [5, 5.41) is 3.16. The highest BCUT2D eigenvalue weighted by molar-refractivity contribution is 7.99. The number of carbonyl (C=O) groups excluding carboxylic acids is 2. The van der Waals surface area contributed by atoms with E-state index in [1.165, 1.54) is 11.0 Å². The number of aryl methyl sites for hydroxylation is 1. The van der Waals surface area contributed by atoms with Gasteiger partial charge in [0.2, 0.25) is 11.8 Å². The number of hydrogen-bond donors (Lipinski definition) is 1. The van der Waals surface area contributed by atoms with Gasteiger partial charge in [0, 0.05) is 17.9 Å². The topological polar surface area (TPSA) is 62.3 Å². The van der Waals surface area contributed by atoms with Crippen LogP contribution in [0.15, 0.2) is 41.6 Å². The Morgan fingerprint density at radius 2 is 1.90 bits per heavy atom. The molecule has 0 bridgehead atoms. The molecule has 1 atom stereocenters. The van der Waals surface area contributed by atoms with E-state index in [0.717, 1.165) is 35.2 Å². The smallest absolute Gasteiger partial charge is 0.330 e. The molecule has 9 heteroatoms. The summed E-state index contributed by atoms with van der Waals surface area (Å²) in [6.07, 6.45) is -3.05. The number of aromatic nitrogens is 1. The summed E-state index contributed by atoms with van der Waals surface area (Å²) in [4.78, 5) is 30.6. The van der Waals surface area contributed by atoms with Gasteiger partial charge in [-0.05, 0) is 56.5 Å². The minimum Gasteiger partial charge on any atom is -0.330 e. The largest absolute Gasteiger partial charge is 0.417 e. The van der Waals surface area contributed by atoms with E-state index in [9.17, 15) is 22.8 Å². The zero-order valence-electron chi connectivity index (χ0n) is 17.9. The minimum atomic E-state index is -4.46. The minimum absolute atomic E-state index is 0.0283. The number of hydrogen-bond acceptors (Lipinski definition) is 4. The number of pyridine rings is 1. The lowest BCUT2D eigenvalue weighted by molar-refractivity contribution is -0.138. The van der Waals surface area contributed by atoms with E-state index in [-0.39, 0.29) is 30.2 Å². The van der Waals surface area contributed by atoms with Crippen LogP contribution >= 0.6 is 11.8 Å². The molecule has 1 N–H and O–H groups in total. The molecular weight excluding hydrogens is 427 g/mol. The molecular formula is C22H26F3N3O2S.